The lowest BCUT2D eigenvalue weighted by Gasteiger charge is -2.14. The second-order valence-electron chi connectivity index (χ2n) is 6.41. The Kier molecular flexibility index (Phi) is 6.24. The molecule has 10 nitrogen and oxygen atoms in total. The number of hydrogen-bond donors (Lipinski definition) is 4. The van der Waals surface area contributed by atoms with E-state index in [2.05, 4.69) is 0 Å². The zero-order valence-electron chi connectivity index (χ0n) is 16.3. The van der Waals surface area contributed by atoms with Crippen LogP contribution >= 0.6 is 0 Å². The minimum absolute atomic E-state index is 0.139. The lowest BCUT2D eigenvalue weighted by Crippen LogP contribution is -2.08. The average Bonchev–Trinajstić information content (AvgIpc) is 2.75. The maximum Gasteiger partial charge on any atom is 0.336 e. The lowest BCUT2D eigenvalue weighted by atomic mass is 10.1. The third-order valence-corrected chi connectivity index (χ3v) is 4.28. The SMILES string of the molecule is O=C(O)c1ccc(Oc2cccc(F)c2Oc2ccc(C(=O)O)c(C(=O)O)c2)cc1C(=O)O. The highest BCUT2D eigenvalue weighted by Crippen LogP contribution is 2.38. The number of hydrogen-bond acceptors (Lipinski definition) is 6. The molecule has 0 unspecified atom stereocenters. The first kappa shape index (κ1) is 22.7. The quantitative estimate of drug-likeness (QED) is 0.385. The van der Waals surface area contributed by atoms with E-state index in [9.17, 15) is 33.8 Å². The summed E-state index contributed by atoms with van der Waals surface area (Å²) in [7, 11) is 0. The number of carboxylic acids is 4. The molecule has 0 aliphatic rings. The Morgan fingerprint density at radius 3 is 1.52 bits per heavy atom. The van der Waals surface area contributed by atoms with E-state index < -0.39 is 57.7 Å². The first-order valence-corrected chi connectivity index (χ1v) is 8.94. The van der Waals surface area contributed by atoms with E-state index in [1.807, 2.05) is 0 Å². The maximum atomic E-state index is 14.5. The molecule has 4 N–H and O–H groups in total. The summed E-state index contributed by atoms with van der Waals surface area (Å²) < 4.78 is 25.4. The fraction of sp³-hybridized carbons (Fsp3) is 0. The van der Waals surface area contributed by atoms with E-state index in [-0.39, 0.29) is 17.2 Å². The average molecular weight is 456 g/mol. The molecule has 0 aromatic heterocycles. The monoisotopic (exact) mass is 456 g/mol. The van der Waals surface area contributed by atoms with E-state index in [0.717, 1.165) is 42.5 Å². The van der Waals surface area contributed by atoms with Crippen molar-refractivity contribution in [1.82, 2.24) is 0 Å². The van der Waals surface area contributed by atoms with Gasteiger partial charge in [-0.2, -0.15) is 0 Å². The van der Waals surface area contributed by atoms with Crippen LogP contribution in [0.3, 0.4) is 0 Å². The highest BCUT2D eigenvalue weighted by atomic mass is 19.1. The normalized spacial score (nSPS) is 10.3. The number of carbonyl (C=O) groups is 4. The van der Waals surface area contributed by atoms with Crippen molar-refractivity contribution >= 4 is 23.9 Å². The van der Waals surface area contributed by atoms with E-state index in [1.165, 1.54) is 12.1 Å². The Hall–Kier alpha value is -4.93. The molecule has 11 heteroatoms. The highest BCUT2D eigenvalue weighted by molar-refractivity contribution is 6.02. The molecule has 0 saturated heterocycles. The molecule has 0 radical (unpaired) electrons. The molecule has 0 amide bonds. The topological polar surface area (TPSA) is 168 Å². The number of aromatic carboxylic acids is 4. The van der Waals surface area contributed by atoms with Crippen LogP contribution in [0.15, 0.2) is 54.6 Å². The van der Waals surface area contributed by atoms with Gasteiger partial charge < -0.3 is 29.9 Å². The Balaban J connectivity index is 2.00. The zero-order valence-corrected chi connectivity index (χ0v) is 16.3. The molecule has 0 fully saturated rings. The minimum atomic E-state index is -1.54. The summed E-state index contributed by atoms with van der Waals surface area (Å²) in [6.07, 6.45) is 0. The number of benzene rings is 3. The Morgan fingerprint density at radius 1 is 0.606 bits per heavy atom. The predicted molar refractivity (Wildman–Crippen MR) is 107 cm³/mol. The fourth-order valence-electron chi connectivity index (χ4n) is 2.81. The fourth-order valence-corrected chi connectivity index (χ4v) is 2.81. The van der Waals surface area contributed by atoms with Crippen molar-refractivity contribution in [3.05, 3.63) is 82.7 Å². The van der Waals surface area contributed by atoms with Crippen molar-refractivity contribution in [3.63, 3.8) is 0 Å². The van der Waals surface area contributed by atoms with Gasteiger partial charge in [0.2, 0.25) is 5.75 Å². The molecule has 33 heavy (non-hydrogen) atoms. The van der Waals surface area contributed by atoms with Gasteiger partial charge in [-0.25, -0.2) is 23.6 Å². The van der Waals surface area contributed by atoms with Gasteiger partial charge in [0.1, 0.15) is 11.5 Å². The number of carboxylic acid groups (broad SMARTS) is 4. The van der Waals surface area contributed by atoms with Crippen LogP contribution < -0.4 is 9.47 Å². The Labute approximate surface area is 183 Å². The van der Waals surface area contributed by atoms with E-state index in [4.69, 9.17) is 19.7 Å². The molecular formula is C22H13FO10. The number of para-hydroxylation sites is 1. The molecular weight excluding hydrogens is 443 g/mol. The van der Waals surface area contributed by atoms with Gasteiger partial charge in [0.15, 0.2) is 11.6 Å². The van der Waals surface area contributed by atoms with Crippen LogP contribution in [-0.4, -0.2) is 44.3 Å². The molecule has 3 aromatic carbocycles. The molecule has 0 heterocycles. The zero-order chi connectivity index (χ0) is 24.3. The lowest BCUT2D eigenvalue weighted by molar-refractivity contribution is 0.0651. The van der Waals surface area contributed by atoms with Crippen molar-refractivity contribution in [2.75, 3.05) is 0 Å². The van der Waals surface area contributed by atoms with Gasteiger partial charge in [0.05, 0.1) is 22.3 Å². The molecule has 0 spiro atoms. The van der Waals surface area contributed by atoms with Gasteiger partial charge in [-0.3, -0.25) is 0 Å². The minimum Gasteiger partial charge on any atom is -0.478 e. The second kappa shape index (κ2) is 9.06. The summed E-state index contributed by atoms with van der Waals surface area (Å²) in [5, 5.41) is 36.7. The number of halogens is 1. The van der Waals surface area contributed by atoms with Crippen molar-refractivity contribution in [1.29, 1.82) is 0 Å². The molecule has 0 bridgehead atoms. The molecule has 0 aliphatic carbocycles. The van der Waals surface area contributed by atoms with Crippen molar-refractivity contribution in [3.8, 4) is 23.0 Å². The van der Waals surface area contributed by atoms with Crippen molar-refractivity contribution in [2.24, 2.45) is 0 Å². The van der Waals surface area contributed by atoms with E-state index in [0.29, 0.717) is 0 Å². The van der Waals surface area contributed by atoms with Crippen LogP contribution in [0.4, 0.5) is 4.39 Å². The largest absolute Gasteiger partial charge is 0.478 e. The highest BCUT2D eigenvalue weighted by Gasteiger charge is 2.21. The summed E-state index contributed by atoms with van der Waals surface area (Å²) in [5.41, 5.74) is -2.13. The van der Waals surface area contributed by atoms with Gasteiger partial charge in [0, 0.05) is 0 Å². The Bertz CT molecular complexity index is 1300. The van der Waals surface area contributed by atoms with Crippen LogP contribution in [0, 0.1) is 5.82 Å². The van der Waals surface area contributed by atoms with E-state index >= 15 is 0 Å². The predicted octanol–water partition coefficient (Wildman–Crippen LogP) is 4.20. The first-order chi connectivity index (χ1) is 15.6. The van der Waals surface area contributed by atoms with Crippen LogP contribution in [-0.2, 0) is 0 Å². The molecule has 0 atom stereocenters. The van der Waals surface area contributed by atoms with Gasteiger partial charge in [-0.15, -0.1) is 0 Å². The van der Waals surface area contributed by atoms with Crippen LogP contribution in [0.5, 0.6) is 23.0 Å². The summed E-state index contributed by atoms with van der Waals surface area (Å²) in [6, 6.07) is 9.64. The number of rotatable bonds is 8. The van der Waals surface area contributed by atoms with Crippen molar-refractivity contribution in [2.45, 2.75) is 0 Å². The van der Waals surface area contributed by atoms with Crippen LogP contribution in [0.25, 0.3) is 0 Å². The van der Waals surface area contributed by atoms with Gasteiger partial charge in [-0.05, 0) is 48.5 Å². The van der Waals surface area contributed by atoms with Gasteiger partial charge >= 0.3 is 23.9 Å². The van der Waals surface area contributed by atoms with Gasteiger partial charge in [-0.1, -0.05) is 6.07 Å². The first-order valence-electron chi connectivity index (χ1n) is 8.94. The standard InChI is InChI=1S/C22H13FO10/c23-16-2-1-3-17(32-10-4-6-12(19(24)25)14(8-10)21(28)29)18(16)33-11-5-7-13(20(26)27)15(9-11)22(30)31/h1-9H,(H,24,25)(H,26,27)(H,28,29)(H,30,31). The summed E-state index contributed by atoms with van der Waals surface area (Å²) in [5.74, 6) is -8.02. The molecule has 3 rings (SSSR count). The molecule has 3 aromatic rings. The van der Waals surface area contributed by atoms with Crippen molar-refractivity contribution < 1.29 is 53.5 Å². The maximum absolute atomic E-state index is 14.5. The summed E-state index contributed by atoms with van der Waals surface area (Å²) >= 11 is 0. The van der Waals surface area contributed by atoms with E-state index in [1.54, 1.807) is 0 Å². The third-order valence-electron chi connectivity index (χ3n) is 4.28. The van der Waals surface area contributed by atoms with Gasteiger partial charge in [0.25, 0.3) is 0 Å². The molecule has 168 valence electrons. The Morgan fingerprint density at radius 2 is 1.06 bits per heavy atom. The molecule has 0 aliphatic heterocycles. The smallest absolute Gasteiger partial charge is 0.336 e. The number of ether oxygens (including phenoxy) is 2. The van der Waals surface area contributed by atoms with Crippen LogP contribution in [0.2, 0.25) is 0 Å². The third kappa shape index (κ3) is 4.88. The second-order valence-corrected chi connectivity index (χ2v) is 6.41. The summed E-state index contributed by atoms with van der Waals surface area (Å²) in [6.45, 7) is 0. The summed E-state index contributed by atoms with van der Waals surface area (Å²) in [4.78, 5) is 45.1. The van der Waals surface area contributed by atoms with Crippen LogP contribution in [0.1, 0.15) is 41.4 Å². The molecule has 0 saturated carbocycles.